The van der Waals surface area contributed by atoms with Crippen LogP contribution in [0.4, 0.5) is 4.79 Å². The first-order valence-electron chi connectivity index (χ1n) is 5.38. The molecule has 17 heavy (non-hydrogen) atoms. The van der Waals surface area contributed by atoms with Crippen LogP contribution in [0.15, 0.2) is 0 Å². The molecule has 0 aliphatic heterocycles. The Labute approximate surface area is 100.0 Å². The summed E-state index contributed by atoms with van der Waals surface area (Å²) in [5.41, 5.74) is 4.95. The number of carboxylic acid groups (broad SMARTS) is 1. The molecule has 0 fully saturated rings. The molecule has 0 spiro atoms. The topological polar surface area (TPSA) is 113 Å². The average Bonchev–Trinajstić information content (AvgIpc) is 2.15. The van der Waals surface area contributed by atoms with Gasteiger partial charge in [-0.15, -0.1) is 0 Å². The molecule has 0 bridgehead atoms. The average molecular weight is 245 g/mol. The Morgan fingerprint density at radius 1 is 1.41 bits per heavy atom. The molecule has 3 amide bonds. The number of hydrogen-bond acceptors (Lipinski definition) is 3. The van der Waals surface area contributed by atoms with Crippen molar-refractivity contribution in [2.45, 2.75) is 32.2 Å². The number of nitrogens with zero attached hydrogens (tertiary/aromatic N) is 1. The molecule has 98 valence electrons. The minimum Gasteiger partial charge on any atom is -0.481 e. The van der Waals surface area contributed by atoms with Crippen molar-refractivity contribution in [3.05, 3.63) is 0 Å². The van der Waals surface area contributed by atoms with Gasteiger partial charge in [-0.2, -0.15) is 0 Å². The summed E-state index contributed by atoms with van der Waals surface area (Å²) < 4.78 is 0. The zero-order valence-corrected chi connectivity index (χ0v) is 10.1. The molecule has 0 aliphatic carbocycles. The van der Waals surface area contributed by atoms with E-state index in [1.54, 1.807) is 0 Å². The van der Waals surface area contributed by atoms with E-state index < -0.39 is 23.9 Å². The zero-order chi connectivity index (χ0) is 13.4. The molecular weight excluding hydrogens is 226 g/mol. The highest BCUT2D eigenvalue weighted by Crippen LogP contribution is 2.02. The van der Waals surface area contributed by atoms with Gasteiger partial charge in [-0.1, -0.05) is 13.3 Å². The van der Waals surface area contributed by atoms with Crippen molar-refractivity contribution in [2.75, 3.05) is 13.6 Å². The largest absolute Gasteiger partial charge is 0.481 e. The Morgan fingerprint density at radius 3 is 2.41 bits per heavy atom. The number of likely N-dealkylation sites (N-methyl/N-ethyl adjacent to an activating group) is 1. The highest BCUT2D eigenvalue weighted by Gasteiger charge is 2.18. The van der Waals surface area contributed by atoms with E-state index in [0.717, 1.165) is 11.3 Å². The lowest BCUT2D eigenvalue weighted by Crippen LogP contribution is -2.46. The molecule has 7 nitrogen and oxygen atoms in total. The molecule has 7 heteroatoms. The molecule has 0 aromatic heterocycles. The van der Waals surface area contributed by atoms with Crippen molar-refractivity contribution >= 4 is 17.9 Å². The molecule has 1 atom stereocenters. The number of carbonyl (C=O) groups is 3. The van der Waals surface area contributed by atoms with E-state index >= 15 is 0 Å². The van der Waals surface area contributed by atoms with E-state index in [1.165, 1.54) is 7.05 Å². The molecule has 0 heterocycles. The monoisotopic (exact) mass is 245 g/mol. The van der Waals surface area contributed by atoms with Crippen molar-refractivity contribution in [2.24, 2.45) is 5.73 Å². The van der Waals surface area contributed by atoms with Crippen molar-refractivity contribution in [1.82, 2.24) is 10.2 Å². The van der Waals surface area contributed by atoms with E-state index in [4.69, 9.17) is 10.8 Å². The maximum absolute atomic E-state index is 11.6. The number of rotatable bonds is 7. The van der Waals surface area contributed by atoms with E-state index in [0.29, 0.717) is 6.42 Å². The molecule has 1 unspecified atom stereocenters. The fourth-order valence-electron chi connectivity index (χ4n) is 1.37. The minimum atomic E-state index is -0.971. The summed E-state index contributed by atoms with van der Waals surface area (Å²) in [6, 6.07) is -0.927. The molecule has 0 aromatic rings. The first-order chi connectivity index (χ1) is 7.86. The van der Waals surface area contributed by atoms with Crippen molar-refractivity contribution in [3.63, 3.8) is 0 Å². The van der Waals surface area contributed by atoms with Crippen LogP contribution in [0.1, 0.15) is 26.2 Å². The second-order valence-corrected chi connectivity index (χ2v) is 3.86. The van der Waals surface area contributed by atoms with Crippen LogP contribution in [0.3, 0.4) is 0 Å². The third kappa shape index (κ3) is 7.15. The van der Waals surface area contributed by atoms with Crippen LogP contribution in [0.2, 0.25) is 0 Å². The first kappa shape index (κ1) is 15.2. The third-order valence-electron chi connectivity index (χ3n) is 2.13. The van der Waals surface area contributed by atoms with Crippen LogP contribution in [-0.2, 0) is 9.59 Å². The molecule has 4 N–H and O–H groups in total. The van der Waals surface area contributed by atoms with Crippen LogP contribution < -0.4 is 11.1 Å². The highest BCUT2D eigenvalue weighted by molar-refractivity contribution is 5.83. The highest BCUT2D eigenvalue weighted by atomic mass is 16.4. The lowest BCUT2D eigenvalue weighted by atomic mass is 10.1. The van der Waals surface area contributed by atoms with E-state index in [2.05, 4.69) is 5.32 Å². The number of nitrogens with one attached hydrogen (secondary N) is 1. The number of carbonyl (C=O) groups excluding carboxylic acids is 2. The number of primary amides is 1. The van der Waals surface area contributed by atoms with Gasteiger partial charge in [-0.3, -0.25) is 9.59 Å². The lowest BCUT2D eigenvalue weighted by Gasteiger charge is -2.21. The van der Waals surface area contributed by atoms with Crippen LogP contribution in [0.25, 0.3) is 0 Å². The number of carboxylic acids is 1. The number of amides is 3. The fraction of sp³-hybridized carbons (Fsp3) is 0.700. The van der Waals surface area contributed by atoms with Gasteiger partial charge >= 0.3 is 12.0 Å². The molecule has 0 rings (SSSR count). The minimum absolute atomic E-state index is 0.135. The quantitative estimate of drug-likeness (QED) is 0.574. The van der Waals surface area contributed by atoms with Crippen LogP contribution in [0.5, 0.6) is 0 Å². The maximum Gasteiger partial charge on any atom is 0.317 e. The molecule has 0 saturated heterocycles. The van der Waals surface area contributed by atoms with Gasteiger partial charge in [0.1, 0.15) is 6.54 Å². The number of nitrogens with two attached hydrogens (primary N) is 1. The Kier molecular flexibility index (Phi) is 6.69. The summed E-state index contributed by atoms with van der Waals surface area (Å²) in [7, 11) is 1.42. The summed E-state index contributed by atoms with van der Waals surface area (Å²) in [6.45, 7) is 1.70. The Balaban J connectivity index is 4.28. The predicted molar refractivity (Wildman–Crippen MR) is 61.3 cm³/mol. The second-order valence-electron chi connectivity index (χ2n) is 3.86. The van der Waals surface area contributed by atoms with Gasteiger partial charge in [-0.25, -0.2) is 4.79 Å². The fourth-order valence-corrected chi connectivity index (χ4v) is 1.37. The van der Waals surface area contributed by atoms with Gasteiger partial charge < -0.3 is 21.1 Å². The standard InChI is InChI=1S/C10H19N3O4/c1-3-4-7(5-9(15)16)12-10(17)13(2)6-8(11)14/h7H,3-6H2,1-2H3,(H2,11,14)(H,12,17)(H,15,16). The first-order valence-corrected chi connectivity index (χ1v) is 5.38. The maximum atomic E-state index is 11.6. The summed E-state index contributed by atoms with van der Waals surface area (Å²) >= 11 is 0. The van der Waals surface area contributed by atoms with Gasteiger partial charge in [-0.05, 0) is 6.42 Å². The molecular formula is C10H19N3O4. The van der Waals surface area contributed by atoms with Crippen molar-refractivity contribution < 1.29 is 19.5 Å². The summed E-state index contributed by atoms with van der Waals surface area (Å²) in [5.74, 6) is -1.59. The van der Waals surface area contributed by atoms with Gasteiger partial charge in [0.05, 0.1) is 6.42 Å². The lowest BCUT2D eigenvalue weighted by molar-refractivity contribution is -0.137. The number of aliphatic carboxylic acids is 1. The van der Waals surface area contributed by atoms with Crippen molar-refractivity contribution in [3.8, 4) is 0 Å². The smallest absolute Gasteiger partial charge is 0.317 e. The summed E-state index contributed by atoms with van der Waals surface area (Å²) in [5, 5.41) is 11.2. The number of urea groups is 1. The zero-order valence-electron chi connectivity index (χ0n) is 10.1. The molecule has 0 aliphatic rings. The van der Waals surface area contributed by atoms with E-state index in [9.17, 15) is 14.4 Å². The van der Waals surface area contributed by atoms with E-state index in [-0.39, 0.29) is 13.0 Å². The third-order valence-corrected chi connectivity index (χ3v) is 2.13. The molecule has 0 radical (unpaired) electrons. The van der Waals surface area contributed by atoms with Crippen LogP contribution in [0, 0.1) is 0 Å². The predicted octanol–water partition coefficient (Wildman–Crippen LogP) is -0.243. The molecule has 0 saturated carbocycles. The van der Waals surface area contributed by atoms with Crippen molar-refractivity contribution in [1.29, 1.82) is 0 Å². The Hall–Kier alpha value is -1.79. The normalized spacial score (nSPS) is 11.6. The SMILES string of the molecule is CCCC(CC(=O)O)NC(=O)N(C)CC(N)=O. The van der Waals surface area contributed by atoms with Gasteiger partial charge in [0.25, 0.3) is 0 Å². The number of hydrogen-bond donors (Lipinski definition) is 3. The van der Waals surface area contributed by atoms with E-state index in [1.807, 2.05) is 6.92 Å². The summed E-state index contributed by atoms with van der Waals surface area (Å²) in [6.07, 6.45) is 1.20. The van der Waals surface area contributed by atoms with Gasteiger partial charge in [0.15, 0.2) is 0 Å². The van der Waals surface area contributed by atoms with Crippen LogP contribution >= 0.6 is 0 Å². The summed E-state index contributed by atoms with van der Waals surface area (Å²) in [4.78, 5) is 33.9. The van der Waals surface area contributed by atoms with Gasteiger partial charge in [0.2, 0.25) is 5.91 Å². The van der Waals surface area contributed by atoms with Crippen LogP contribution in [-0.4, -0.2) is 47.5 Å². The second kappa shape index (κ2) is 7.48. The Morgan fingerprint density at radius 2 is 2.00 bits per heavy atom. The molecule has 0 aromatic carbocycles. The van der Waals surface area contributed by atoms with Gasteiger partial charge in [0, 0.05) is 13.1 Å². The Bertz CT molecular complexity index is 293.